The van der Waals surface area contributed by atoms with E-state index in [9.17, 15) is 4.79 Å². The molecule has 5 nitrogen and oxygen atoms in total. The number of carbonyl (C=O) groups is 1. The van der Waals surface area contributed by atoms with Crippen LogP contribution >= 0.6 is 0 Å². The number of nitrogens with two attached hydrogens (primary N) is 1. The first-order chi connectivity index (χ1) is 8.68. The van der Waals surface area contributed by atoms with Crippen molar-refractivity contribution >= 4 is 11.7 Å². The van der Waals surface area contributed by atoms with Crippen LogP contribution in [0.2, 0.25) is 0 Å². The Morgan fingerprint density at radius 1 is 1.42 bits per heavy atom. The molecule has 2 atom stereocenters. The molecular weight excluding hydrogens is 242 g/mol. The molecule has 0 aliphatic carbocycles. The standard InChI is InChI=1S/C14H27N3O2/c1-9(2)11(12(15)16-19)13(18)17-7-6-10(8-17)14(3,4)5/h9-11,19H,6-8H2,1-5H3,(H2,15,16). The van der Waals surface area contributed by atoms with Gasteiger partial charge in [0.15, 0.2) is 5.84 Å². The largest absolute Gasteiger partial charge is 0.409 e. The van der Waals surface area contributed by atoms with Gasteiger partial charge in [-0.05, 0) is 23.7 Å². The van der Waals surface area contributed by atoms with E-state index in [1.54, 1.807) is 0 Å². The van der Waals surface area contributed by atoms with Gasteiger partial charge in [0.1, 0.15) is 5.92 Å². The van der Waals surface area contributed by atoms with Crippen molar-refractivity contribution in [2.24, 2.45) is 34.1 Å². The summed E-state index contributed by atoms with van der Waals surface area (Å²) >= 11 is 0. The smallest absolute Gasteiger partial charge is 0.233 e. The van der Waals surface area contributed by atoms with E-state index in [4.69, 9.17) is 10.9 Å². The number of likely N-dealkylation sites (tertiary alicyclic amines) is 1. The van der Waals surface area contributed by atoms with Gasteiger partial charge in [-0.25, -0.2) is 0 Å². The molecule has 1 saturated heterocycles. The molecule has 1 aliphatic rings. The van der Waals surface area contributed by atoms with Crippen molar-refractivity contribution in [1.29, 1.82) is 0 Å². The third-order valence-electron chi connectivity index (χ3n) is 4.09. The van der Waals surface area contributed by atoms with Gasteiger partial charge in [0.05, 0.1) is 0 Å². The fourth-order valence-electron chi connectivity index (χ4n) is 2.68. The molecule has 2 unspecified atom stereocenters. The minimum Gasteiger partial charge on any atom is -0.409 e. The summed E-state index contributed by atoms with van der Waals surface area (Å²) in [5, 5.41) is 11.8. The van der Waals surface area contributed by atoms with Gasteiger partial charge in [-0.1, -0.05) is 39.8 Å². The van der Waals surface area contributed by atoms with Crippen LogP contribution in [0.15, 0.2) is 5.16 Å². The molecule has 5 heteroatoms. The predicted octanol–water partition coefficient (Wildman–Crippen LogP) is 1.90. The van der Waals surface area contributed by atoms with Gasteiger partial charge in [0, 0.05) is 13.1 Å². The summed E-state index contributed by atoms with van der Waals surface area (Å²) in [4.78, 5) is 14.4. The lowest BCUT2D eigenvalue weighted by molar-refractivity contribution is -0.133. The molecule has 19 heavy (non-hydrogen) atoms. The Balaban J connectivity index is 2.78. The van der Waals surface area contributed by atoms with Crippen LogP contribution in [0.5, 0.6) is 0 Å². The molecule has 0 radical (unpaired) electrons. The molecule has 0 aromatic carbocycles. The van der Waals surface area contributed by atoms with Crippen molar-refractivity contribution in [2.45, 2.75) is 41.0 Å². The number of hydrogen-bond acceptors (Lipinski definition) is 3. The summed E-state index contributed by atoms with van der Waals surface area (Å²) in [5.41, 5.74) is 5.87. The van der Waals surface area contributed by atoms with Crippen molar-refractivity contribution in [1.82, 2.24) is 4.90 Å². The fourth-order valence-corrected chi connectivity index (χ4v) is 2.68. The summed E-state index contributed by atoms with van der Waals surface area (Å²) in [6.07, 6.45) is 1.02. The van der Waals surface area contributed by atoms with Crippen LogP contribution in [-0.2, 0) is 4.79 Å². The monoisotopic (exact) mass is 269 g/mol. The van der Waals surface area contributed by atoms with E-state index in [0.717, 1.165) is 19.5 Å². The molecule has 1 aliphatic heterocycles. The molecule has 110 valence electrons. The Morgan fingerprint density at radius 3 is 2.37 bits per heavy atom. The lowest BCUT2D eigenvalue weighted by atomic mass is 9.80. The van der Waals surface area contributed by atoms with E-state index in [0.29, 0.717) is 5.92 Å². The summed E-state index contributed by atoms with van der Waals surface area (Å²) in [7, 11) is 0. The number of amides is 1. The zero-order valence-electron chi connectivity index (χ0n) is 12.7. The number of amidine groups is 1. The van der Waals surface area contributed by atoms with Gasteiger partial charge in [0.2, 0.25) is 5.91 Å². The second-order valence-electron chi connectivity index (χ2n) is 6.88. The molecule has 1 rings (SSSR count). The first kappa shape index (κ1) is 15.8. The maximum atomic E-state index is 12.5. The van der Waals surface area contributed by atoms with Gasteiger partial charge in [-0.2, -0.15) is 0 Å². The van der Waals surface area contributed by atoms with Crippen molar-refractivity contribution in [3.63, 3.8) is 0 Å². The van der Waals surface area contributed by atoms with E-state index in [2.05, 4.69) is 25.9 Å². The SMILES string of the molecule is CC(C)C(C(=O)N1CCC(C(C)(C)C)C1)C(N)=NO. The van der Waals surface area contributed by atoms with Gasteiger partial charge in [-0.15, -0.1) is 0 Å². The van der Waals surface area contributed by atoms with E-state index < -0.39 is 5.92 Å². The van der Waals surface area contributed by atoms with Crippen molar-refractivity contribution in [2.75, 3.05) is 13.1 Å². The molecule has 1 fully saturated rings. The number of carbonyl (C=O) groups excluding carboxylic acids is 1. The highest BCUT2D eigenvalue weighted by molar-refractivity contribution is 6.02. The van der Waals surface area contributed by atoms with Crippen LogP contribution in [0.3, 0.4) is 0 Å². The van der Waals surface area contributed by atoms with Crippen molar-refractivity contribution in [3.05, 3.63) is 0 Å². The van der Waals surface area contributed by atoms with Gasteiger partial charge >= 0.3 is 0 Å². The summed E-state index contributed by atoms with van der Waals surface area (Å²) in [6, 6.07) is 0. The zero-order chi connectivity index (χ0) is 14.8. The Hall–Kier alpha value is -1.26. The molecule has 0 saturated carbocycles. The second-order valence-corrected chi connectivity index (χ2v) is 6.88. The van der Waals surface area contributed by atoms with Gasteiger partial charge in [0.25, 0.3) is 0 Å². The highest BCUT2D eigenvalue weighted by atomic mass is 16.4. The minimum atomic E-state index is -0.524. The third-order valence-corrected chi connectivity index (χ3v) is 4.09. The first-order valence-electron chi connectivity index (χ1n) is 6.94. The van der Waals surface area contributed by atoms with E-state index in [1.807, 2.05) is 18.7 Å². The van der Waals surface area contributed by atoms with E-state index in [1.165, 1.54) is 0 Å². The molecule has 1 heterocycles. The van der Waals surface area contributed by atoms with E-state index >= 15 is 0 Å². The number of rotatable bonds is 3. The molecule has 3 N–H and O–H groups in total. The van der Waals surface area contributed by atoms with E-state index in [-0.39, 0.29) is 23.1 Å². The Kier molecular flexibility index (Phi) is 4.82. The topological polar surface area (TPSA) is 78.9 Å². The lowest BCUT2D eigenvalue weighted by Crippen LogP contribution is -2.43. The fraction of sp³-hybridized carbons (Fsp3) is 0.857. The molecule has 0 aromatic rings. The molecule has 0 bridgehead atoms. The van der Waals surface area contributed by atoms with Crippen molar-refractivity contribution in [3.8, 4) is 0 Å². The Labute approximate surface area is 115 Å². The maximum absolute atomic E-state index is 12.5. The van der Waals surface area contributed by atoms with Gasteiger partial charge in [-0.3, -0.25) is 4.79 Å². The average molecular weight is 269 g/mol. The summed E-state index contributed by atoms with van der Waals surface area (Å²) in [5.74, 6) is 0.00798. The van der Waals surface area contributed by atoms with Gasteiger partial charge < -0.3 is 15.8 Å². The lowest BCUT2D eigenvalue weighted by Gasteiger charge is -2.28. The zero-order valence-corrected chi connectivity index (χ0v) is 12.7. The molecule has 0 aromatic heterocycles. The summed E-state index contributed by atoms with van der Waals surface area (Å²) in [6.45, 7) is 12.0. The van der Waals surface area contributed by atoms with Crippen LogP contribution in [-0.4, -0.2) is 34.9 Å². The highest BCUT2D eigenvalue weighted by Crippen LogP contribution is 2.34. The minimum absolute atomic E-state index is 0.0132. The second kappa shape index (κ2) is 5.80. The summed E-state index contributed by atoms with van der Waals surface area (Å²) < 4.78 is 0. The molecule has 0 spiro atoms. The van der Waals surface area contributed by atoms with Crippen LogP contribution in [0.4, 0.5) is 0 Å². The van der Waals surface area contributed by atoms with Crippen LogP contribution < -0.4 is 5.73 Å². The number of hydrogen-bond donors (Lipinski definition) is 2. The normalized spacial score (nSPS) is 22.9. The quantitative estimate of drug-likeness (QED) is 0.355. The number of oxime groups is 1. The van der Waals surface area contributed by atoms with Crippen LogP contribution in [0.25, 0.3) is 0 Å². The maximum Gasteiger partial charge on any atom is 0.233 e. The van der Waals surface area contributed by atoms with Crippen LogP contribution in [0.1, 0.15) is 41.0 Å². The van der Waals surface area contributed by atoms with Crippen molar-refractivity contribution < 1.29 is 10.0 Å². The molecular formula is C14H27N3O2. The predicted molar refractivity (Wildman–Crippen MR) is 75.9 cm³/mol. The Bertz CT molecular complexity index is 358. The number of nitrogens with zero attached hydrogens (tertiary/aromatic N) is 2. The Morgan fingerprint density at radius 2 is 2.00 bits per heavy atom. The third kappa shape index (κ3) is 3.61. The first-order valence-corrected chi connectivity index (χ1v) is 6.94. The molecule has 1 amide bonds. The average Bonchev–Trinajstić information content (AvgIpc) is 2.77. The highest BCUT2D eigenvalue weighted by Gasteiger charge is 2.38. The van der Waals surface area contributed by atoms with Crippen LogP contribution in [0, 0.1) is 23.2 Å².